The Bertz CT molecular complexity index is 352. The zero-order valence-corrected chi connectivity index (χ0v) is 9.54. The smallest absolute Gasteiger partial charge is 0.212 e. The summed E-state index contributed by atoms with van der Waals surface area (Å²) in [5.41, 5.74) is 1.14. The van der Waals surface area contributed by atoms with Crippen LogP contribution in [0.15, 0.2) is 48.6 Å². The van der Waals surface area contributed by atoms with Gasteiger partial charge in [0.25, 0.3) is 0 Å². The van der Waals surface area contributed by atoms with E-state index in [1.54, 1.807) is 12.2 Å². The fourth-order valence-corrected chi connectivity index (χ4v) is 1.51. The minimum absolute atomic E-state index is 0.107. The van der Waals surface area contributed by atoms with E-state index >= 15 is 0 Å². The molecule has 2 heteroatoms. The third kappa shape index (κ3) is 5.23. The molecule has 0 unspecified atom stereocenters. The molecule has 1 rings (SSSR count). The number of thioether (sulfide) groups is 1. The highest BCUT2D eigenvalue weighted by Crippen LogP contribution is 2.03. The van der Waals surface area contributed by atoms with Crippen LogP contribution in [-0.2, 0) is 4.79 Å². The molecule has 1 aromatic carbocycles. The zero-order chi connectivity index (χ0) is 10.9. The van der Waals surface area contributed by atoms with Gasteiger partial charge in [-0.05, 0) is 17.4 Å². The van der Waals surface area contributed by atoms with Crippen LogP contribution in [0.3, 0.4) is 0 Å². The first-order valence-corrected chi connectivity index (χ1v) is 5.88. The standard InChI is InChI=1S/C13H14OS/c1-2-15-13(14)11-7-6-10-12-8-4-3-5-9-12/h3-11H,2H2,1H3/b10-6+,11-7+. The first-order chi connectivity index (χ1) is 7.33. The first-order valence-electron chi connectivity index (χ1n) is 4.89. The molecule has 15 heavy (non-hydrogen) atoms. The molecule has 0 saturated carbocycles. The fraction of sp³-hybridized carbons (Fsp3) is 0.154. The molecule has 0 aliphatic rings. The summed E-state index contributed by atoms with van der Waals surface area (Å²) in [6.07, 6.45) is 7.22. The predicted octanol–water partition coefficient (Wildman–Crippen LogP) is 3.54. The van der Waals surface area contributed by atoms with Gasteiger partial charge in [0.1, 0.15) is 0 Å². The summed E-state index contributed by atoms with van der Waals surface area (Å²) in [5, 5.41) is 0.107. The lowest BCUT2D eigenvalue weighted by molar-refractivity contribution is -0.107. The van der Waals surface area contributed by atoms with Crippen LogP contribution in [0.25, 0.3) is 6.08 Å². The molecule has 0 spiro atoms. The molecule has 0 fully saturated rings. The van der Waals surface area contributed by atoms with E-state index in [9.17, 15) is 4.79 Å². The summed E-state index contributed by atoms with van der Waals surface area (Å²) in [6.45, 7) is 1.97. The molecule has 0 bridgehead atoms. The van der Waals surface area contributed by atoms with Crippen molar-refractivity contribution < 1.29 is 4.79 Å². The largest absolute Gasteiger partial charge is 0.282 e. The number of benzene rings is 1. The van der Waals surface area contributed by atoms with Crippen molar-refractivity contribution in [2.45, 2.75) is 6.92 Å². The van der Waals surface area contributed by atoms with Crippen molar-refractivity contribution in [3.8, 4) is 0 Å². The highest BCUT2D eigenvalue weighted by molar-refractivity contribution is 8.14. The highest BCUT2D eigenvalue weighted by Gasteiger charge is 1.90. The minimum Gasteiger partial charge on any atom is -0.282 e. The maximum absolute atomic E-state index is 11.1. The highest BCUT2D eigenvalue weighted by atomic mass is 32.2. The van der Waals surface area contributed by atoms with Crippen molar-refractivity contribution in [1.82, 2.24) is 0 Å². The number of hydrogen-bond acceptors (Lipinski definition) is 2. The van der Waals surface area contributed by atoms with E-state index in [0.717, 1.165) is 11.3 Å². The van der Waals surface area contributed by atoms with Gasteiger partial charge in [-0.15, -0.1) is 0 Å². The number of hydrogen-bond donors (Lipinski definition) is 0. The second-order valence-corrected chi connectivity index (χ2v) is 4.15. The van der Waals surface area contributed by atoms with Crippen molar-refractivity contribution in [1.29, 1.82) is 0 Å². The van der Waals surface area contributed by atoms with Crippen LogP contribution in [0.2, 0.25) is 0 Å². The van der Waals surface area contributed by atoms with Crippen molar-refractivity contribution in [2.75, 3.05) is 5.75 Å². The molecule has 1 nitrogen and oxygen atoms in total. The molecule has 0 aliphatic heterocycles. The van der Waals surface area contributed by atoms with E-state index < -0.39 is 0 Å². The zero-order valence-electron chi connectivity index (χ0n) is 8.72. The van der Waals surface area contributed by atoms with Crippen LogP contribution in [-0.4, -0.2) is 10.9 Å². The Morgan fingerprint density at radius 1 is 1.27 bits per heavy atom. The summed E-state index contributed by atoms with van der Waals surface area (Å²) in [6, 6.07) is 10.00. The molecule has 0 saturated heterocycles. The van der Waals surface area contributed by atoms with E-state index in [2.05, 4.69) is 0 Å². The SMILES string of the molecule is CCSC(=O)/C=C/C=C/c1ccccc1. The molecule has 0 radical (unpaired) electrons. The van der Waals surface area contributed by atoms with Crippen molar-refractivity contribution in [3.63, 3.8) is 0 Å². The summed E-state index contributed by atoms with van der Waals surface area (Å²) in [4.78, 5) is 11.1. The van der Waals surface area contributed by atoms with Gasteiger partial charge in [0.2, 0.25) is 5.12 Å². The van der Waals surface area contributed by atoms with Crippen LogP contribution < -0.4 is 0 Å². The van der Waals surface area contributed by atoms with E-state index in [4.69, 9.17) is 0 Å². The predicted molar refractivity (Wildman–Crippen MR) is 67.8 cm³/mol. The molecule has 0 atom stereocenters. The lowest BCUT2D eigenvalue weighted by Crippen LogP contribution is -1.83. The van der Waals surface area contributed by atoms with Gasteiger partial charge in [-0.2, -0.15) is 0 Å². The van der Waals surface area contributed by atoms with Crippen molar-refractivity contribution in [3.05, 3.63) is 54.1 Å². The molecule has 0 amide bonds. The summed E-state index contributed by atoms with van der Waals surface area (Å²) >= 11 is 1.32. The van der Waals surface area contributed by atoms with Gasteiger partial charge in [0.15, 0.2) is 0 Å². The number of carbonyl (C=O) groups excluding carboxylic acids is 1. The Hall–Kier alpha value is -1.28. The average Bonchev–Trinajstić information content (AvgIpc) is 2.26. The van der Waals surface area contributed by atoms with Crippen LogP contribution in [0.1, 0.15) is 12.5 Å². The maximum atomic E-state index is 11.1. The molecule has 1 aromatic rings. The van der Waals surface area contributed by atoms with Crippen molar-refractivity contribution >= 4 is 23.0 Å². The second kappa shape index (κ2) is 7.07. The lowest BCUT2D eigenvalue weighted by Gasteiger charge is -1.89. The topological polar surface area (TPSA) is 17.1 Å². The third-order valence-electron chi connectivity index (χ3n) is 1.72. The first kappa shape index (κ1) is 11.8. The van der Waals surface area contributed by atoms with Crippen LogP contribution in [0, 0.1) is 0 Å². The maximum Gasteiger partial charge on any atom is 0.212 e. The lowest BCUT2D eigenvalue weighted by atomic mass is 10.2. The molecular formula is C13H14OS. The number of rotatable bonds is 4. The van der Waals surface area contributed by atoms with Gasteiger partial charge in [-0.3, -0.25) is 4.79 Å². The van der Waals surface area contributed by atoms with Crippen molar-refractivity contribution in [2.24, 2.45) is 0 Å². The summed E-state index contributed by atoms with van der Waals surface area (Å²) < 4.78 is 0. The Labute approximate surface area is 94.9 Å². The normalized spacial score (nSPS) is 11.3. The Morgan fingerprint density at radius 2 is 2.00 bits per heavy atom. The molecular weight excluding hydrogens is 204 g/mol. The molecule has 78 valence electrons. The molecule has 0 N–H and O–H groups in total. The van der Waals surface area contributed by atoms with E-state index in [-0.39, 0.29) is 5.12 Å². The van der Waals surface area contributed by atoms with Gasteiger partial charge >= 0.3 is 0 Å². The van der Waals surface area contributed by atoms with E-state index in [1.807, 2.05) is 49.4 Å². The number of carbonyl (C=O) groups is 1. The van der Waals surface area contributed by atoms with Crippen LogP contribution in [0.5, 0.6) is 0 Å². The summed E-state index contributed by atoms with van der Waals surface area (Å²) in [5.74, 6) is 0.825. The third-order valence-corrected chi connectivity index (χ3v) is 2.43. The van der Waals surface area contributed by atoms with E-state index in [0.29, 0.717) is 0 Å². The average molecular weight is 218 g/mol. The second-order valence-electron chi connectivity index (χ2n) is 2.88. The molecule has 0 aliphatic carbocycles. The molecule has 0 aromatic heterocycles. The Morgan fingerprint density at radius 3 is 2.67 bits per heavy atom. The Balaban J connectivity index is 2.43. The van der Waals surface area contributed by atoms with Gasteiger partial charge in [-0.1, -0.05) is 67.2 Å². The fourth-order valence-electron chi connectivity index (χ4n) is 1.06. The van der Waals surface area contributed by atoms with E-state index in [1.165, 1.54) is 11.8 Å². The molecule has 0 heterocycles. The summed E-state index contributed by atoms with van der Waals surface area (Å²) in [7, 11) is 0. The quantitative estimate of drug-likeness (QED) is 0.568. The number of allylic oxidation sites excluding steroid dienone is 2. The minimum atomic E-state index is 0.107. The Kier molecular flexibility index (Phi) is 5.56. The van der Waals surface area contributed by atoms with Crippen LogP contribution >= 0.6 is 11.8 Å². The van der Waals surface area contributed by atoms with Gasteiger partial charge < -0.3 is 0 Å². The van der Waals surface area contributed by atoms with Crippen LogP contribution in [0.4, 0.5) is 0 Å². The van der Waals surface area contributed by atoms with Gasteiger partial charge in [0.05, 0.1) is 0 Å². The van der Waals surface area contributed by atoms with Gasteiger partial charge in [0, 0.05) is 0 Å². The monoisotopic (exact) mass is 218 g/mol. The van der Waals surface area contributed by atoms with Gasteiger partial charge in [-0.25, -0.2) is 0 Å².